The second-order valence-corrected chi connectivity index (χ2v) is 5.59. The maximum absolute atomic E-state index is 12.3. The fourth-order valence-electron chi connectivity index (χ4n) is 3.04. The van der Waals surface area contributed by atoms with Crippen molar-refractivity contribution in [3.63, 3.8) is 0 Å². The minimum Gasteiger partial charge on any atom is -0.356 e. The predicted molar refractivity (Wildman–Crippen MR) is 68.4 cm³/mol. The molecule has 2 aliphatic rings. The summed E-state index contributed by atoms with van der Waals surface area (Å²) in [4.78, 5) is 25.6. The first-order valence-electron chi connectivity index (χ1n) is 6.64. The summed E-state index contributed by atoms with van der Waals surface area (Å²) in [6.07, 6.45) is 4.05. The van der Waals surface area contributed by atoms with E-state index in [1.807, 2.05) is 4.90 Å². The lowest BCUT2D eigenvalue weighted by Gasteiger charge is -2.38. The monoisotopic (exact) mass is 262 g/mol. The van der Waals surface area contributed by atoms with Gasteiger partial charge in [0, 0.05) is 39.3 Å². The first-order chi connectivity index (χ1) is 9.10. The summed E-state index contributed by atoms with van der Waals surface area (Å²) in [5.41, 5.74) is 0.705. The van der Waals surface area contributed by atoms with Gasteiger partial charge in [0.05, 0.1) is 0 Å². The Morgan fingerprint density at radius 1 is 1.42 bits per heavy atom. The maximum atomic E-state index is 12.3. The quantitative estimate of drug-likeness (QED) is 0.784. The lowest BCUT2D eigenvalue weighted by atomic mass is 9.77. The van der Waals surface area contributed by atoms with Crippen LogP contribution in [0, 0.1) is 5.41 Å². The molecular formula is C13H18N4O2. The third kappa shape index (κ3) is 2.11. The number of hydrogen-bond donors (Lipinski definition) is 1. The van der Waals surface area contributed by atoms with Crippen LogP contribution in [0.5, 0.6) is 0 Å². The summed E-state index contributed by atoms with van der Waals surface area (Å²) in [6, 6.07) is 1.74. The number of piperidine rings is 1. The number of aromatic nitrogens is 2. The summed E-state index contributed by atoms with van der Waals surface area (Å²) in [5.74, 6) is 0.179. The molecule has 2 aliphatic heterocycles. The molecule has 19 heavy (non-hydrogen) atoms. The van der Waals surface area contributed by atoms with Gasteiger partial charge in [0.2, 0.25) is 5.91 Å². The van der Waals surface area contributed by atoms with Crippen LogP contribution in [0.3, 0.4) is 0 Å². The lowest BCUT2D eigenvalue weighted by molar-refractivity contribution is -0.119. The zero-order valence-electron chi connectivity index (χ0n) is 11.1. The summed E-state index contributed by atoms with van der Waals surface area (Å²) >= 11 is 0. The first kappa shape index (κ1) is 12.2. The zero-order valence-corrected chi connectivity index (χ0v) is 11.1. The molecule has 6 nitrogen and oxygen atoms in total. The van der Waals surface area contributed by atoms with E-state index in [9.17, 15) is 9.59 Å². The Morgan fingerprint density at radius 2 is 2.16 bits per heavy atom. The van der Waals surface area contributed by atoms with Crippen LogP contribution in [-0.4, -0.2) is 46.1 Å². The molecular weight excluding hydrogens is 244 g/mol. The zero-order chi connectivity index (χ0) is 13.5. The van der Waals surface area contributed by atoms with Crippen molar-refractivity contribution in [2.45, 2.75) is 19.3 Å². The summed E-state index contributed by atoms with van der Waals surface area (Å²) < 4.78 is 1.60. The fraction of sp³-hybridized carbons (Fsp3) is 0.615. The van der Waals surface area contributed by atoms with Gasteiger partial charge in [0.15, 0.2) is 0 Å². The van der Waals surface area contributed by atoms with Crippen molar-refractivity contribution in [1.29, 1.82) is 0 Å². The molecule has 0 radical (unpaired) electrons. The van der Waals surface area contributed by atoms with Crippen LogP contribution in [-0.2, 0) is 11.8 Å². The second-order valence-electron chi connectivity index (χ2n) is 5.59. The SMILES string of the molecule is Cn1nccc1C(=O)N1CCC2(CC1)CNC(=O)C2. The first-order valence-corrected chi connectivity index (χ1v) is 6.64. The van der Waals surface area contributed by atoms with Crippen LogP contribution < -0.4 is 5.32 Å². The molecule has 1 spiro atoms. The molecule has 6 heteroatoms. The minimum absolute atomic E-state index is 0.0344. The van der Waals surface area contributed by atoms with Gasteiger partial charge in [-0.2, -0.15) is 5.10 Å². The summed E-state index contributed by atoms with van der Waals surface area (Å²) in [6.45, 7) is 2.21. The van der Waals surface area contributed by atoms with E-state index in [1.165, 1.54) is 0 Å². The molecule has 102 valence electrons. The molecule has 0 aliphatic carbocycles. The molecule has 1 N–H and O–H groups in total. The minimum atomic E-state index is 0.0344. The third-order valence-corrected chi connectivity index (χ3v) is 4.35. The summed E-state index contributed by atoms with van der Waals surface area (Å²) in [7, 11) is 1.78. The number of hydrogen-bond acceptors (Lipinski definition) is 3. The van der Waals surface area contributed by atoms with E-state index in [0.717, 1.165) is 32.5 Å². The van der Waals surface area contributed by atoms with Gasteiger partial charge in [-0.05, 0) is 24.3 Å². The normalized spacial score (nSPS) is 21.7. The highest BCUT2D eigenvalue weighted by molar-refractivity contribution is 5.92. The van der Waals surface area contributed by atoms with E-state index >= 15 is 0 Å². The number of rotatable bonds is 1. The largest absolute Gasteiger partial charge is 0.356 e. The Labute approximate surface area is 111 Å². The molecule has 3 rings (SSSR count). The smallest absolute Gasteiger partial charge is 0.272 e. The molecule has 3 heterocycles. The molecule has 0 saturated carbocycles. The van der Waals surface area contributed by atoms with Gasteiger partial charge in [-0.25, -0.2) is 0 Å². The van der Waals surface area contributed by atoms with Crippen molar-refractivity contribution in [2.24, 2.45) is 12.5 Å². The predicted octanol–water partition coefficient (Wildman–Crippen LogP) is 0.162. The van der Waals surface area contributed by atoms with Gasteiger partial charge in [-0.15, -0.1) is 0 Å². The van der Waals surface area contributed by atoms with Crippen LogP contribution in [0.2, 0.25) is 0 Å². The van der Waals surface area contributed by atoms with Crippen molar-refractivity contribution < 1.29 is 9.59 Å². The van der Waals surface area contributed by atoms with Gasteiger partial charge >= 0.3 is 0 Å². The van der Waals surface area contributed by atoms with Crippen LogP contribution in [0.1, 0.15) is 29.8 Å². The van der Waals surface area contributed by atoms with Crippen LogP contribution in [0.25, 0.3) is 0 Å². The standard InChI is InChI=1S/C13H18N4O2/c1-16-10(2-5-15-16)12(19)17-6-3-13(4-7-17)8-11(18)14-9-13/h2,5H,3-4,6-9H2,1H3,(H,14,18). The lowest BCUT2D eigenvalue weighted by Crippen LogP contribution is -2.44. The number of nitrogens with zero attached hydrogens (tertiary/aromatic N) is 3. The molecule has 2 saturated heterocycles. The van der Waals surface area contributed by atoms with Crippen molar-refractivity contribution in [1.82, 2.24) is 20.0 Å². The van der Waals surface area contributed by atoms with Crippen LogP contribution in [0.15, 0.2) is 12.3 Å². The van der Waals surface area contributed by atoms with Gasteiger partial charge in [-0.3, -0.25) is 14.3 Å². The van der Waals surface area contributed by atoms with Gasteiger partial charge < -0.3 is 10.2 Å². The Hall–Kier alpha value is -1.85. The van der Waals surface area contributed by atoms with Gasteiger partial charge in [0.1, 0.15) is 5.69 Å². The van der Waals surface area contributed by atoms with Gasteiger partial charge in [0.25, 0.3) is 5.91 Å². The number of aryl methyl sites for hydroxylation is 1. The average molecular weight is 262 g/mol. The molecule has 1 aromatic heterocycles. The highest BCUT2D eigenvalue weighted by atomic mass is 16.2. The number of carbonyl (C=O) groups excluding carboxylic acids is 2. The molecule has 1 aromatic rings. The Bertz CT molecular complexity index is 514. The van der Waals surface area contributed by atoms with Crippen LogP contribution in [0.4, 0.5) is 0 Å². The average Bonchev–Trinajstić information content (AvgIpc) is 2.97. The van der Waals surface area contributed by atoms with Gasteiger partial charge in [-0.1, -0.05) is 0 Å². The Kier molecular flexibility index (Phi) is 2.80. The Morgan fingerprint density at radius 3 is 2.68 bits per heavy atom. The van der Waals surface area contributed by atoms with E-state index in [1.54, 1.807) is 24.0 Å². The van der Waals surface area contributed by atoms with Crippen molar-refractivity contribution >= 4 is 11.8 Å². The highest BCUT2D eigenvalue weighted by Gasteiger charge is 2.41. The number of likely N-dealkylation sites (tertiary alicyclic amines) is 1. The summed E-state index contributed by atoms with van der Waals surface area (Å²) in [5, 5.41) is 6.93. The Balaban J connectivity index is 1.66. The van der Waals surface area contributed by atoms with E-state index in [4.69, 9.17) is 0 Å². The molecule has 0 aromatic carbocycles. The topological polar surface area (TPSA) is 67.2 Å². The van der Waals surface area contributed by atoms with Crippen molar-refractivity contribution in [3.05, 3.63) is 18.0 Å². The third-order valence-electron chi connectivity index (χ3n) is 4.35. The number of nitrogens with one attached hydrogen (secondary N) is 1. The van der Waals surface area contributed by atoms with E-state index in [0.29, 0.717) is 12.1 Å². The second kappa shape index (κ2) is 4.36. The van der Waals surface area contributed by atoms with Crippen molar-refractivity contribution in [2.75, 3.05) is 19.6 Å². The van der Waals surface area contributed by atoms with Crippen molar-refractivity contribution in [3.8, 4) is 0 Å². The molecule has 0 atom stereocenters. The fourth-order valence-corrected chi connectivity index (χ4v) is 3.04. The van der Waals surface area contributed by atoms with E-state index in [2.05, 4.69) is 10.4 Å². The molecule has 2 fully saturated rings. The molecule has 2 amide bonds. The highest BCUT2D eigenvalue weighted by Crippen LogP contribution is 2.37. The number of amides is 2. The van der Waals surface area contributed by atoms with Crippen LogP contribution >= 0.6 is 0 Å². The van der Waals surface area contributed by atoms with E-state index in [-0.39, 0.29) is 17.2 Å². The maximum Gasteiger partial charge on any atom is 0.272 e. The molecule has 0 unspecified atom stereocenters. The van der Waals surface area contributed by atoms with E-state index < -0.39 is 0 Å². The number of carbonyl (C=O) groups is 2. The molecule has 0 bridgehead atoms.